The molecular formula is C15H25NO. The van der Waals surface area contributed by atoms with Gasteiger partial charge in [0.25, 0.3) is 0 Å². The van der Waals surface area contributed by atoms with Crippen LogP contribution in [0.2, 0.25) is 0 Å². The van der Waals surface area contributed by atoms with Crippen molar-refractivity contribution in [1.29, 1.82) is 0 Å². The van der Waals surface area contributed by atoms with E-state index in [2.05, 4.69) is 44.3 Å². The van der Waals surface area contributed by atoms with Gasteiger partial charge in [0.2, 0.25) is 0 Å². The van der Waals surface area contributed by atoms with Crippen LogP contribution >= 0.6 is 0 Å². The molecule has 1 aromatic carbocycles. The van der Waals surface area contributed by atoms with Gasteiger partial charge >= 0.3 is 0 Å². The SMILES string of the molecule is COc1cccc(C(C)CCNCC(C)C)c1. The van der Waals surface area contributed by atoms with Gasteiger partial charge in [-0.3, -0.25) is 0 Å². The molecule has 1 unspecified atom stereocenters. The van der Waals surface area contributed by atoms with E-state index >= 15 is 0 Å². The summed E-state index contributed by atoms with van der Waals surface area (Å²) in [5.74, 6) is 2.25. The van der Waals surface area contributed by atoms with Crippen molar-refractivity contribution in [3.63, 3.8) is 0 Å². The van der Waals surface area contributed by atoms with Crippen molar-refractivity contribution in [1.82, 2.24) is 5.32 Å². The second-order valence-electron chi connectivity index (χ2n) is 5.06. The summed E-state index contributed by atoms with van der Waals surface area (Å²) >= 11 is 0. The summed E-state index contributed by atoms with van der Waals surface area (Å²) in [4.78, 5) is 0. The van der Waals surface area contributed by atoms with Gasteiger partial charge in [0.05, 0.1) is 7.11 Å². The normalized spacial score (nSPS) is 12.8. The molecule has 0 aromatic heterocycles. The van der Waals surface area contributed by atoms with Gasteiger partial charge < -0.3 is 10.1 Å². The number of benzene rings is 1. The maximum Gasteiger partial charge on any atom is 0.119 e. The van der Waals surface area contributed by atoms with Crippen LogP contribution in [0.15, 0.2) is 24.3 Å². The quantitative estimate of drug-likeness (QED) is 0.731. The van der Waals surface area contributed by atoms with E-state index in [0.717, 1.165) is 24.8 Å². The Morgan fingerprint density at radius 1 is 1.24 bits per heavy atom. The van der Waals surface area contributed by atoms with E-state index in [1.165, 1.54) is 12.0 Å². The smallest absolute Gasteiger partial charge is 0.119 e. The number of ether oxygens (including phenoxy) is 1. The van der Waals surface area contributed by atoms with Crippen molar-refractivity contribution >= 4 is 0 Å². The molecule has 96 valence electrons. The highest BCUT2D eigenvalue weighted by atomic mass is 16.5. The van der Waals surface area contributed by atoms with Crippen LogP contribution in [0.4, 0.5) is 0 Å². The van der Waals surface area contributed by atoms with E-state index in [0.29, 0.717) is 5.92 Å². The Bertz CT molecular complexity index is 322. The fourth-order valence-electron chi connectivity index (χ4n) is 1.82. The van der Waals surface area contributed by atoms with E-state index < -0.39 is 0 Å². The first-order valence-corrected chi connectivity index (χ1v) is 6.48. The average molecular weight is 235 g/mol. The van der Waals surface area contributed by atoms with Gasteiger partial charge in [-0.1, -0.05) is 32.9 Å². The van der Waals surface area contributed by atoms with Crippen LogP contribution in [-0.2, 0) is 0 Å². The van der Waals surface area contributed by atoms with Gasteiger partial charge in [-0.05, 0) is 49.0 Å². The Morgan fingerprint density at radius 3 is 2.65 bits per heavy atom. The highest BCUT2D eigenvalue weighted by Crippen LogP contribution is 2.22. The molecule has 0 aliphatic rings. The lowest BCUT2D eigenvalue weighted by Crippen LogP contribution is -2.21. The molecule has 0 aliphatic carbocycles. The van der Waals surface area contributed by atoms with Gasteiger partial charge in [-0.15, -0.1) is 0 Å². The predicted molar refractivity (Wildman–Crippen MR) is 73.7 cm³/mol. The van der Waals surface area contributed by atoms with E-state index in [1.807, 2.05) is 6.07 Å². The van der Waals surface area contributed by atoms with Gasteiger partial charge in [-0.2, -0.15) is 0 Å². The Morgan fingerprint density at radius 2 is 2.00 bits per heavy atom. The lowest BCUT2D eigenvalue weighted by molar-refractivity contribution is 0.413. The van der Waals surface area contributed by atoms with E-state index in [4.69, 9.17) is 4.74 Å². The largest absolute Gasteiger partial charge is 0.497 e. The van der Waals surface area contributed by atoms with Crippen LogP contribution in [0.25, 0.3) is 0 Å². The summed E-state index contributed by atoms with van der Waals surface area (Å²) < 4.78 is 5.25. The number of methoxy groups -OCH3 is 1. The average Bonchev–Trinajstić information content (AvgIpc) is 2.34. The molecule has 0 saturated carbocycles. The Kier molecular flexibility index (Phi) is 6.06. The standard InChI is InChI=1S/C15H25NO/c1-12(2)11-16-9-8-13(3)14-6-5-7-15(10-14)17-4/h5-7,10,12-13,16H,8-9,11H2,1-4H3. The molecule has 0 bridgehead atoms. The lowest BCUT2D eigenvalue weighted by Gasteiger charge is -2.14. The van der Waals surface area contributed by atoms with E-state index in [-0.39, 0.29) is 0 Å². The molecule has 0 radical (unpaired) electrons. The van der Waals surface area contributed by atoms with Crippen molar-refractivity contribution < 1.29 is 4.74 Å². The fraction of sp³-hybridized carbons (Fsp3) is 0.600. The number of nitrogens with one attached hydrogen (secondary N) is 1. The lowest BCUT2D eigenvalue weighted by atomic mass is 9.97. The molecule has 1 N–H and O–H groups in total. The monoisotopic (exact) mass is 235 g/mol. The molecule has 0 saturated heterocycles. The third-order valence-electron chi connectivity index (χ3n) is 2.97. The molecule has 0 heterocycles. The molecule has 0 spiro atoms. The second-order valence-corrected chi connectivity index (χ2v) is 5.06. The van der Waals surface area contributed by atoms with E-state index in [9.17, 15) is 0 Å². The highest BCUT2D eigenvalue weighted by molar-refractivity contribution is 5.30. The third-order valence-corrected chi connectivity index (χ3v) is 2.97. The molecule has 0 aliphatic heterocycles. The number of hydrogen-bond donors (Lipinski definition) is 1. The van der Waals surface area contributed by atoms with Gasteiger partial charge in [0.15, 0.2) is 0 Å². The van der Waals surface area contributed by atoms with Crippen molar-refractivity contribution in [2.45, 2.75) is 33.1 Å². The van der Waals surface area contributed by atoms with Crippen LogP contribution in [0, 0.1) is 5.92 Å². The Labute approximate surface area is 105 Å². The maximum absolute atomic E-state index is 5.25. The van der Waals surface area contributed by atoms with Crippen molar-refractivity contribution in [3.05, 3.63) is 29.8 Å². The van der Waals surface area contributed by atoms with Gasteiger partial charge in [0, 0.05) is 0 Å². The Balaban J connectivity index is 2.38. The first kappa shape index (κ1) is 14.0. The topological polar surface area (TPSA) is 21.3 Å². The molecule has 2 heteroatoms. The second kappa shape index (κ2) is 7.33. The zero-order valence-electron chi connectivity index (χ0n) is 11.5. The molecule has 2 nitrogen and oxygen atoms in total. The first-order chi connectivity index (χ1) is 8.13. The van der Waals surface area contributed by atoms with Gasteiger partial charge in [-0.25, -0.2) is 0 Å². The van der Waals surface area contributed by atoms with E-state index in [1.54, 1.807) is 7.11 Å². The summed E-state index contributed by atoms with van der Waals surface area (Å²) in [7, 11) is 1.72. The maximum atomic E-state index is 5.25. The molecule has 1 atom stereocenters. The zero-order chi connectivity index (χ0) is 12.7. The summed E-state index contributed by atoms with van der Waals surface area (Å²) in [6.45, 7) is 8.92. The van der Waals surface area contributed by atoms with Crippen molar-refractivity contribution in [2.75, 3.05) is 20.2 Å². The van der Waals surface area contributed by atoms with Crippen LogP contribution in [-0.4, -0.2) is 20.2 Å². The third kappa shape index (κ3) is 5.22. The van der Waals surface area contributed by atoms with Crippen LogP contribution in [0.1, 0.15) is 38.7 Å². The van der Waals surface area contributed by atoms with Crippen molar-refractivity contribution in [2.24, 2.45) is 5.92 Å². The summed E-state index contributed by atoms with van der Waals surface area (Å²) in [5.41, 5.74) is 1.36. The molecule has 0 amide bonds. The molecule has 1 rings (SSSR count). The number of hydrogen-bond acceptors (Lipinski definition) is 2. The minimum Gasteiger partial charge on any atom is -0.497 e. The number of rotatable bonds is 7. The summed E-state index contributed by atoms with van der Waals surface area (Å²) in [5, 5.41) is 3.48. The minimum atomic E-state index is 0.574. The zero-order valence-corrected chi connectivity index (χ0v) is 11.5. The summed E-state index contributed by atoms with van der Waals surface area (Å²) in [6.07, 6.45) is 1.17. The van der Waals surface area contributed by atoms with Crippen LogP contribution in [0.3, 0.4) is 0 Å². The Hall–Kier alpha value is -1.02. The molecular weight excluding hydrogens is 210 g/mol. The molecule has 1 aromatic rings. The fourth-order valence-corrected chi connectivity index (χ4v) is 1.82. The van der Waals surface area contributed by atoms with Crippen molar-refractivity contribution in [3.8, 4) is 5.75 Å². The highest BCUT2D eigenvalue weighted by Gasteiger charge is 2.06. The minimum absolute atomic E-state index is 0.574. The van der Waals surface area contributed by atoms with Crippen LogP contribution in [0.5, 0.6) is 5.75 Å². The first-order valence-electron chi connectivity index (χ1n) is 6.48. The predicted octanol–water partition coefficient (Wildman–Crippen LogP) is 3.43. The molecule has 17 heavy (non-hydrogen) atoms. The summed E-state index contributed by atoms with van der Waals surface area (Å²) in [6, 6.07) is 8.36. The molecule has 0 fully saturated rings. The van der Waals surface area contributed by atoms with Crippen LogP contribution < -0.4 is 10.1 Å². The van der Waals surface area contributed by atoms with Gasteiger partial charge in [0.1, 0.15) is 5.75 Å².